The molecule has 0 atom stereocenters. The van der Waals surface area contributed by atoms with Gasteiger partial charge in [0.2, 0.25) is 0 Å². The lowest BCUT2D eigenvalue weighted by Gasteiger charge is -2.23. The molecule has 0 saturated carbocycles. The van der Waals surface area contributed by atoms with E-state index in [1.165, 1.54) is 24.4 Å². The molecule has 0 aliphatic carbocycles. The van der Waals surface area contributed by atoms with E-state index in [9.17, 15) is 0 Å². The number of hydrogen-bond donors (Lipinski definition) is 0. The van der Waals surface area contributed by atoms with Gasteiger partial charge in [-0.2, -0.15) is 0 Å². The highest BCUT2D eigenvalue weighted by Gasteiger charge is 2.16. The summed E-state index contributed by atoms with van der Waals surface area (Å²) < 4.78 is 2.31. The van der Waals surface area contributed by atoms with Gasteiger partial charge in [0.15, 0.2) is 0 Å². The fourth-order valence-corrected chi connectivity index (χ4v) is 1.93. The van der Waals surface area contributed by atoms with Crippen molar-refractivity contribution in [1.82, 2.24) is 9.47 Å². The monoisotopic (exact) mass is 164 g/mol. The molecule has 2 heteroatoms. The molecule has 0 saturated heterocycles. The Morgan fingerprint density at radius 3 is 2.83 bits per heavy atom. The van der Waals surface area contributed by atoms with Crippen LogP contribution in [0.2, 0.25) is 0 Å². The number of rotatable bonds is 0. The Bertz CT molecular complexity index is 299. The summed E-state index contributed by atoms with van der Waals surface area (Å²) in [6, 6.07) is 2.32. The normalized spacial score (nSPS) is 17.9. The largest absolute Gasteiger partial charge is 0.350 e. The maximum absolute atomic E-state index is 2.38. The molecule has 0 unspecified atom stereocenters. The maximum atomic E-state index is 2.38. The van der Waals surface area contributed by atoms with Gasteiger partial charge in [0.1, 0.15) is 0 Å². The number of aromatic nitrogens is 1. The van der Waals surface area contributed by atoms with Crippen molar-refractivity contribution in [3.05, 3.63) is 23.0 Å². The van der Waals surface area contributed by atoms with Gasteiger partial charge in [-0.1, -0.05) is 0 Å². The fourth-order valence-electron chi connectivity index (χ4n) is 1.93. The predicted octanol–water partition coefficient (Wildman–Crippen LogP) is 1.32. The lowest BCUT2D eigenvalue weighted by Crippen LogP contribution is -2.27. The Labute approximate surface area is 73.8 Å². The first-order chi connectivity index (χ1) is 5.68. The molecule has 0 aromatic carbocycles. The minimum Gasteiger partial charge on any atom is -0.350 e. The Kier molecular flexibility index (Phi) is 1.72. The highest BCUT2D eigenvalue weighted by atomic mass is 15.1. The van der Waals surface area contributed by atoms with Crippen LogP contribution in [-0.2, 0) is 20.0 Å². The van der Waals surface area contributed by atoms with E-state index in [0.29, 0.717) is 0 Å². The Morgan fingerprint density at radius 1 is 1.33 bits per heavy atom. The van der Waals surface area contributed by atoms with Crippen LogP contribution in [0.1, 0.15) is 17.0 Å². The molecule has 0 bridgehead atoms. The second-order valence-corrected chi connectivity index (χ2v) is 3.80. The minimum atomic E-state index is 1.11. The summed E-state index contributed by atoms with van der Waals surface area (Å²) in [5.74, 6) is 0. The van der Waals surface area contributed by atoms with Crippen LogP contribution in [0.5, 0.6) is 0 Å². The third-order valence-electron chi connectivity index (χ3n) is 2.87. The molecule has 0 N–H and O–H groups in total. The molecule has 0 fully saturated rings. The van der Waals surface area contributed by atoms with Gasteiger partial charge in [0.05, 0.1) is 0 Å². The van der Waals surface area contributed by atoms with Gasteiger partial charge in [-0.25, -0.2) is 0 Å². The Balaban J connectivity index is 2.44. The minimum absolute atomic E-state index is 1.11. The zero-order valence-electron chi connectivity index (χ0n) is 8.09. The Morgan fingerprint density at radius 2 is 2.08 bits per heavy atom. The molecule has 0 amide bonds. The van der Waals surface area contributed by atoms with Crippen molar-refractivity contribution in [3.63, 3.8) is 0 Å². The average Bonchev–Trinajstić information content (AvgIpc) is 2.31. The van der Waals surface area contributed by atoms with E-state index < -0.39 is 0 Å². The molecule has 12 heavy (non-hydrogen) atoms. The van der Waals surface area contributed by atoms with Crippen molar-refractivity contribution in [3.8, 4) is 0 Å². The van der Waals surface area contributed by atoms with Crippen LogP contribution in [0.25, 0.3) is 0 Å². The first-order valence-corrected chi connectivity index (χ1v) is 4.51. The van der Waals surface area contributed by atoms with Crippen molar-refractivity contribution in [2.75, 3.05) is 13.6 Å². The van der Waals surface area contributed by atoms with Gasteiger partial charge in [0, 0.05) is 31.5 Å². The second kappa shape index (κ2) is 2.63. The molecule has 2 heterocycles. The topological polar surface area (TPSA) is 8.17 Å². The van der Waals surface area contributed by atoms with Crippen LogP contribution in [-0.4, -0.2) is 23.1 Å². The van der Waals surface area contributed by atoms with E-state index in [0.717, 1.165) is 6.54 Å². The molecule has 66 valence electrons. The summed E-state index contributed by atoms with van der Waals surface area (Å²) in [7, 11) is 4.35. The van der Waals surface area contributed by atoms with Gasteiger partial charge in [-0.05, 0) is 32.0 Å². The third-order valence-corrected chi connectivity index (χ3v) is 2.87. The van der Waals surface area contributed by atoms with Crippen LogP contribution in [0.3, 0.4) is 0 Å². The molecule has 1 aromatic rings. The molecular formula is C10H16N2. The van der Waals surface area contributed by atoms with Crippen molar-refractivity contribution >= 4 is 0 Å². The van der Waals surface area contributed by atoms with Crippen LogP contribution in [0.4, 0.5) is 0 Å². The van der Waals surface area contributed by atoms with E-state index in [1.54, 1.807) is 5.56 Å². The van der Waals surface area contributed by atoms with E-state index in [-0.39, 0.29) is 0 Å². The molecule has 1 aromatic heterocycles. The standard InChI is InChI=1S/C10H16N2/c1-8-6-9-4-5-11(2)7-10(9)12(8)3/h6H,4-5,7H2,1-3H3. The molecule has 2 rings (SSSR count). The number of aryl methyl sites for hydroxylation is 1. The lowest BCUT2D eigenvalue weighted by atomic mass is 10.1. The van der Waals surface area contributed by atoms with Crippen LogP contribution in [0, 0.1) is 6.92 Å². The molecule has 1 aliphatic rings. The summed E-state index contributed by atoms with van der Waals surface area (Å²) in [5, 5.41) is 0. The molecule has 0 radical (unpaired) electrons. The zero-order chi connectivity index (χ0) is 8.72. The molecule has 1 aliphatic heterocycles. The summed E-state index contributed by atoms with van der Waals surface area (Å²) in [6.07, 6.45) is 1.22. The van der Waals surface area contributed by atoms with Gasteiger partial charge >= 0.3 is 0 Å². The van der Waals surface area contributed by atoms with E-state index in [2.05, 4.69) is 36.6 Å². The van der Waals surface area contributed by atoms with E-state index >= 15 is 0 Å². The van der Waals surface area contributed by atoms with Crippen molar-refractivity contribution < 1.29 is 0 Å². The predicted molar refractivity (Wildman–Crippen MR) is 50.2 cm³/mol. The fraction of sp³-hybridized carbons (Fsp3) is 0.600. The molecular weight excluding hydrogens is 148 g/mol. The van der Waals surface area contributed by atoms with Crippen LogP contribution >= 0.6 is 0 Å². The van der Waals surface area contributed by atoms with Gasteiger partial charge < -0.3 is 9.47 Å². The zero-order valence-corrected chi connectivity index (χ0v) is 8.09. The van der Waals surface area contributed by atoms with Crippen LogP contribution in [0.15, 0.2) is 6.07 Å². The summed E-state index contributed by atoms with van der Waals surface area (Å²) in [5.41, 5.74) is 4.43. The quantitative estimate of drug-likeness (QED) is 0.561. The van der Waals surface area contributed by atoms with Crippen molar-refractivity contribution in [2.24, 2.45) is 7.05 Å². The highest BCUT2D eigenvalue weighted by molar-refractivity contribution is 5.29. The Hall–Kier alpha value is -0.760. The number of likely N-dealkylation sites (N-methyl/N-ethyl adjacent to an activating group) is 1. The molecule has 2 nitrogen and oxygen atoms in total. The lowest BCUT2D eigenvalue weighted by molar-refractivity contribution is 0.304. The highest BCUT2D eigenvalue weighted by Crippen LogP contribution is 2.20. The first-order valence-electron chi connectivity index (χ1n) is 4.51. The van der Waals surface area contributed by atoms with E-state index in [1.807, 2.05) is 0 Å². The smallest absolute Gasteiger partial charge is 0.0387 e. The van der Waals surface area contributed by atoms with Gasteiger partial charge in [-0.15, -0.1) is 0 Å². The summed E-state index contributed by atoms with van der Waals surface area (Å²) in [6.45, 7) is 4.49. The SMILES string of the molecule is Cc1cc2c(n1C)CN(C)CC2. The second-order valence-electron chi connectivity index (χ2n) is 3.80. The van der Waals surface area contributed by atoms with Crippen molar-refractivity contribution in [1.29, 1.82) is 0 Å². The van der Waals surface area contributed by atoms with E-state index in [4.69, 9.17) is 0 Å². The summed E-state index contributed by atoms with van der Waals surface area (Å²) in [4.78, 5) is 2.38. The number of fused-ring (bicyclic) bond motifs is 1. The van der Waals surface area contributed by atoms with Gasteiger partial charge in [-0.3, -0.25) is 0 Å². The molecule has 0 spiro atoms. The number of nitrogens with zero attached hydrogens (tertiary/aromatic N) is 2. The first kappa shape index (κ1) is 7.87. The average molecular weight is 164 g/mol. The van der Waals surface area contributed by atoms with Gasteiger partial charge in [0.25, 0.3) is 0 Å². The maximum Gasteiger partial charge on any atom is 0.0387 e. The van der Waals surface area contributed by atoms with Crippen molar-refractivity contribution in [2.45, 2.75) is 19.9 Å². The number of hydrogen-bond acceptors (Lipinski definition) is 1. The third kappa shape index (κ3) is 1.07. The van der Waals surface area contributed by atoms with Crippen LogP contribution < -0.4 is 0 Å². The summed E-state index contributed by atoms with van der Waals surface area (Å²) >= 11 is 0.